The van der Waals surface area contributed by atoms with Gasteiger partial charge >= 0.3 is 0 Å². The maximum absolute atomic E-state index is 13.8. The Kier molecular flexibility index (Phi) is 6.52. The minimum atomic E-state index is -4.16. The first kappa shape index (κ1) is 22.6. The third kappa shape index (κ3) is 5.27. The molecule has 0 aliphatic heterocycles. The van der Waals surface area contributed by atoms with Crippen LogP contribution in [0.25, 0.3) is 11.0 Å². The summed E-state index contributed by atoms with van der Waals surface area (Å²) in [5.74, 6) is -1.38. The summed E-state index contributed by atoms with van der Waals surface area (Å²) in [6.45, 7) is 2.31. The van der Waals surface area contributed by atoms with Crippen LogP contribution in [0, 0.1) is 5.82 Å². The van der Waals surface area contributed by atoms with E-state index in [4.69, 9.17) is 0 Å². The number of sulfonamides is 1. The predicted octanol–water partition coefficient (Wildman–Crippen LogP) is 3.21. The van der Waals surface area contributed by atoms with Gasteiger partial charge < -0.3 is 9.88 Å². The van der Waals surface area contributed by atoms with Gasteiger partial charge in [-0.25, -0.2) is 17.8 Å². The number of para-hydroxylation sites is 2. The van der Waals surface area contributed by atoms with Crippen molar-refractivity contribution in [3.8, 4) is 0 Å². The molecule has 0 radical (unpaired) electrons. The summed E-state index contributed by atoms with van der Waals surface area (Å²) >= 11 is 0. The van der Waals surface area contributed by atoms with Gasteiger partial charge in [0.1, 0.15) is 10.7 Å². The summed E-state index contributed by atoms with van der Waals surface area (Å²) in [7, 11) is -4.16. The highest BCUT2D eigenvalue weighted by Gasteiger charge is 2.24. The minimum Gasteiger partial charge on any atom is -0.351 e. The summed E-state index contributed by atoms with van der Waals surface area (Å²) in [5.41, 5.74) is 3.95. The van der Waals surface area contributed by atoms with Crippen molar-refractivity contribution in [3.63, 3.8) is 0 Å². The Hall–Kier alpha value is -3.56. The fourth-order valence-corrected chi connectivity index (χ4v) is 4.73. The summed E-state index contributed by atoms with van der Waals surface area (Å²) in [6, 6.07) is 19.6. The number of nitrogens with zero attached hydrogens (tertiary/aromatic N) is 2. The molecule has 4 aromatic rings. The topological polar surface area (TPSA) is 93.1 Å². The summed E-state index contributed by atoms with van der Waals surface area (Å²) in [6.07, 6.45) is 1.81. The number of halogens is 1. The summed E-state index contributed by atoms with van der Waals surface area (Å²) in [5, 5.41) is 2.70. The highest BCUT2D eigenvalue weighted by atomic mass is 32.2. The number of rotatable bonds is 8. The molecule has 0 unspecified atom stereocenters. The highest BCUT2D eigenvalue weighted by molar-refractivity contribution is 7.89. The van der Waals surface area contributed by atoms with Crippen LogP contribution in [-0.4, -0.2) is 29.9 Å². The van der Waals surface area contributed by atoms with E-state index in [-0.39, 0.29) is 6.54 Å². The molecule has 0 fully saturated rings. The fourth-order valence-electron chi connectivity index (χ4n) is 3.45. The van der Waals surface area contributed by atoms with Gasteiger partial charge in [-0.3, -0.25) is 4.79 Å². The molecule has 0 aliphatic rings. The maximum Gasteiger partial charge on any atom is 0.244 e. The average Bonchev–Trinajstić information content (AvgIpc) is 3.21. The Morgan fingerprint density at radius 3 is 2.42 bits per heavy atom. The molecule has 9 heteroatoms. The molecule has 33 heavy (non-hydrogen) atoms. The molecule has 1 atom stereocenters. The Morgan fingerprint density at radius 1 is 1.00 bits per heavy atom. The van der Waals surface area contributed by atoms with E-state index in [1.54, 1.807) is 0 Å². The Bertz CT molecular complexity index is 1380. The van der Waals surface area contributed by atoms with E-state index in [0.717, 1.165) is 34.3 Å². The van der Waals surface area contributed by atoms with Crippen molar-refractivity contribution in [2.24, 2.45) is 0 Å². The van der Waals surface area contributed by atoms with Crippen molar-refractivity contribution in [2.75, 3.05) is 0 Å². The molecule has 0 saturated heterocycles. The Balaban J connectivity index is 1.33. The number of fused-ring (bicyclic) bond motifs is 1. The van der Waals surface area contributed by atoms with Gasteiger partial charge in [0.2, 0.25) is 15.9 Å². The Morgan fingerprint density at radius 2 is 1.67 bits per heavy atom. The number of imidazole rings is 1. The number of amides is 1. The van der Waals surface area contributed by atoms with Crippen molar-refractivity contribution in [2.45, 2.75) is 31.0 Å². The van der Waals surface area contributed by atoms with Crippen molar-refractivity contribution in [1.82, 2.24) is 19.6 Å². The normalized spacial score (nSPS) is 12.5. The number of hydrogen-bond donors (Lipinski definition) is 2. The van der Waals surface area contributed by atoms with Crippen LogP contribution in [-0.2, 0) is 27.9 Å². The number of carbonyl (C=O) groups is 1. The predicted molar refractivity (Wildman–Crippen MR) is 123 cm³/mol. The molecule has 0 bridgehead atoms. The number of carbonyl (C=O) groups excluding carboxylic acids is 1. The SMILES string of the molecule is C[C@H](NS(=O)(=O)c1ccccc1F)C(=O)NCc1ccc(Cn2cnc3ccccc32)cc1. The quantitative estimate of drug-likeness (QED) is 0.417. The first-order valence-electron chi connectivity index (χ1n) is 10.4. The van der Waals surface area contributed by atoms with Crippen molar-refractivity contribution in [3.05, 3.63) is 96.1 Å². The molecule has 7 nitrogen and oxygen atoms in total. The van der Waals surface area contributed by atoms with Crippen LogP contribution in [0.4, 0.5) is 4.39 Å². The molecular weight excluding hydrogens is 443 g/mol. The third-order valence-corrected chi connectivity index (χ3v) is 6.80. The molecule has 4 rings (SSSR count). The number of nitrogens with one attached hydrogen (secondary N) is 2. The van der Waals surface area contributed by atoms with Gasteiger partial charge in [-0.2, -0.15) is 4.72 Å². The molecule has 2 N–H and O–H groups in total. The second kappa shape index (κ2) is 9.51. The molecule has 1 amide bonds. The van der Waals surface area contributed by atoms with Gasteiger partial charge in [0.15, 0.2) is 0 Å². The monoisotopic (exact) mass is 466 g/mol. The number of aromatic nitrogens is 2. The second-order valence-corrected chi connectivity index (χ2v) is 9.35. The van der Waals surface area contributed by atoms with E-state index in [2.05, 4.69) is 19.6 Å². The third-order valence-electron chi connectivity index (χ3n) is 5.22. The highest BCUT2D eigenvalue weighted by Crippen LogP contribution is 2.15. The lowest BCUT2D eigenvalue weighted by Crippen LogP contribution is -2.44. The van der Waals surface area contributed by atoms with Crippen LogP contribution in [0.1, 0.15) is 18.1 Å². The van der Waals surface area contributed by atoms with E-state index in [1.165, 1.54) is 19.1 Å². The lowest BCUT2D eigenvalue weighted by Gasteiger charge is -2.15. The average molecular weight is 467 g/mol. The smallest absolute Gasteiger partial charge is 0.244 e. The van der Waals surface area contributed by atoms with Gasteiger partial charge in [0.25, 0.3) is 0 Å². The number of hydrogen-bond acceptors (Lipinski definition) is 4. The zero-order valence-corrected chi connectivity index (χ0v) is 18.7. The van der Waals surface area contributed by atoms with Crippen molar-refractivity contribution < 1.29 is 17.6 Å². The van der Waals surface area contributed by atoms with Crippen LogP contribution < -0.4 is 10.0 Å². The molecule has 1 heterocycles. The first-order valence-corrected chi connectivity index (χ1v) is 11.8. The standard InChI is InChI=1S/C24H23FN4O3S/c1-17(28-33(31,32)23-9-5-2-6-20(23)25)24(30)26-14-18-10-12-19(13-11-18)15-29-16-27-21-7-3-4-8-22(21)29/h2-13,16-17,28H,14-15H2,1H3,(H,26,30)/t17-/m0/s1. The lowest BCUT2D eigenvalue weighted by molar-refractivity contribution is -0.122. The van der Waals surface area contributed by atoms with E-state index >= 15 is 0 Å². The molecule has 3 aromatic carbocycles. The maximum atomic E-state index is 13.8. The van der Waals surface area contributed by atoms with E-state index in [9.17, 15) is 17.6 Å². The van der Waals surface area contributed by atoms with Gasteiger partial charge in [-0.15, -0.1) is 0 Å². The largest absolute Gasteiger partial charge is 0.351 e. The van der Waals surface area contributed by atoms with E-state index in [1.807, 2.05) is 54.9 Å². The molecular formula is C24H23FN4O3S. The zero-order chi connectivity index (χ0) is 23.4. The molecule has 1 aromatic heterocycles. The summed E-state index contributed by atoms with van der Waals surface area (Å²) < 4.78 is 42.8. The second-order valence-electron chi connectivity index (χ2n) is 7.67. The van der Waals surface area contributed by atoms with Gasteiger partial charge in [-0.05, 0) is 42.3 Å². The van der Waals surface area contributed by atoms with Crippen LogP contribution in [0.15, 0.2) is 84.0 Å². The molecule has 170 valence electrons. The van der Waals surface area contributed by atoms with Gasteiger partial charge in [0, 0.05) is 13.1 Å². The van der Waals surface area contributed by atoms with Crippen LogP contribution in [0.5, 0.6) is 0 Å². The molecule has 0 aliphatic carbocycles. The summed E-state index contributed by atoms with van der Waals surface area (Å²) in [4.78, 5) is 16.3. The van der Waals surface area contributed by atoms with Crippen molar-refractivity contribution >= 4 is 27.0 Å². The van der Waals surface area contributed by atoms with Gasteiger partial charge in [0.05, 0.1) is 23.4 Å². The lowest BCUT2D eigenvalue weighted by atomic mass is 10.1. The van der Waals surface area contributed by atoms with Crippen LogP contribution >= 0.6 is 0 Å². The number of benzene rings is 3. The molecule has 0 spiro atoms. The van der Waals surface area contributed by atoms with Crippen LogP contribution in [0.3, 0.4) is 0 Å². The van der Waals surface area contributed by atoms with E-state index in [0.29, 0.717) is 6.54 Å². The first-order chi connectivity index (χ1) is 15.8. The fraction of sp³-hybridized carbons (Fsp3) is 0.167. The van der Waals surface area contributed by atoms with Gasteiger partial charge in [-0.1, -0.05) is 48.5 Å². The van der Waals surface area contributed by atoms with E-state index < -0.39 is 32.7 Å². The van der Waals surface area contributed by atoms with Crippen molar-refractivity contribution in [1.29, 1.82) is 0 Å². The zero-order valence-electron chi connectivity index (χ0n) is 17.9. The Labute approximate surface area is 191 Å². The minimum absolute atomic E-state index is 0.235. The van der Waals surface area contributed by atoms with Crippen LogP contribution in [0.2, 0.25) is 0 Å². The molecule has 0 saturated carbocycles.